The van der Waals surface area contributed by atoms with Gasteiger partial charge in [-0.15, -0.1) is 0 Å². The Hall–Kier alpha value is -1.13. The molecule has 2 rings (SSSR count). The molecule has 1 amide bonds. The van der Waals surface area contributed by atoms with E-state index < -0.39 is 5.60 Å². The van der Waals surface area contributed by atoms with Crippen molar-refractivity contribution < 1.29 is 9.90 Å². The van der Waals surface area contributed by atoms with Crippen LogP contribution in [-0.4, -0.2) is 39.6 Å². The highest BCUT2D eigenvalue weighted by Crippen LogP contribution is 2.25. The molecule has 0 saturated carbocycles. The number of halogens is 1. The molecule has 1 aromatic heterocycles. The molecule has 86 valence electrons. The summed E-state index contributed by atoms with van der Waals surface area (Å²) in [5, 5.41) is 10.1. The third-order valence-corrected chi connectivity index (χ3v) is 3.10. The van der Waals surface area contributed by atoms with E-state index in [4.69, 9.17) is 11.6 Å². The Labute approximate surface area is 98.9 Å². The van der Waals surface area contributed by atoms with Crippen LogP contribution in [0.3, 0.4) is 0 Å². The molecule has 4 nitrogen and oxygen atoms in total. The van der Waals surface area contributed by atoms with Crippen molar-refractivity contribution in [2.75, 3.05) is 13.1 Å². The maximum Gasteiger partial charge on any atom is 0.254 e. The van der Waals surface area contributed by atoms with Crippen molar-refractivity contribution in [2.24, 2.45) is 0 Å². The number of amides is 1. The second kappa shape index (κ2) is 4.03. The van der Waals surface area contributed by atoms with Crippen LogP contribution in [0.1, 0.15) is 23.7 Å². The summed E-state index contributed by atoms with van der Waals surface area (Å²) in [4.78, 5) is 17.3. The normalized spacial score (nSPS) is 18.1. The Bertz CT molecular complexity index is 416. The number of likely N-dealkylation sites (tertiary alicyclic amines) is 1. The molecule has 1 fully saturated rings. The van der Waals surface area contributed by atoms with Crippen LogP contribution in [0.2, 0.25) is 5.15 Å². The van der Waals surface area contributed by atoms with Crippen molar-refractivity contribution in [3.05, 3.63) is 29.0 Å². The zero-order valence-corrected chi connectivity index (χ0v) is 9.74. The third kappa shape index (κ3) is 2.03. The first kappa shape index (κ1) is 11.4. The van der Waals surface area contributed by atoms with Gasteiger partial charge in [0.1, 0.15) is 5.15 Å². The summed E-state index contributed by atoms with van der Waals surface area (Å²) in [5.41, 5.74) is -0.190. The van der Waals surface area contributed by atoms with Gasteiger partial charge in [0, 0.05) is 11.8 Å². The Balaban J connectivity index is 2.06. The maximum absolute atomic E-state index is 11.9. The third-order valence-electron chi connectivity index (χ3n) is 2.89. The molecule has 2 heterocycles. The number of carbonyl (C=O) groups is 1. The van der Waals surface area contributed by atoms with E-state index in [2.05, 4.69) is 4.98 Å². The molecule has 1 saturated heterocycles. The fourth-order valence-electron chi connectivity index (χ4n) is 1.75. The minimum Gasteiger partial charge on any atom is -0.386 e. The number of pyridine rings is 1. The molecule has 1 aliphatic heterocycles. The summed E-state index contributed by atoms with van der Waals surface area (Å²) >= 11 is 5.71. The average Bonchev–Trinajstić information content (AvgIpc) is 2.24. The fraction of sp³-hybridized carbons (Fsp3) is 0.455. The Morgan fingerprint density at radius 1 is 1.69 bits per heavy atom. The first-order valence-corrected chi connectivity index (χ1v) is 5.55. The smallest absolute Gasteiger partial charge is 0.254 e. The van der Waals surface area contributed by atoms with Gasteiger partial charge >= 0.3 is 0 Å². The first-order chi connectivity index (χ1) is 7.54. The van der Waals surface area contributed by atoms with Crippen LogP contribution < -0.4 is 0 Å². The summed E-state index contributed by atoms with van der Waals surface area (Å²) in [5.74, 6) is -0.109. The lowest BCUT2D eigenvalue weighted by atomic mass is 9.91. The van der Waals surface area contributed by atoms with E-state index in [0.29, 0.717) is 30.2 Å². The summed E-state index contributed by atoms with van der Waals surface area (Å²) < 4.78 is 0. The van der Waals surface area contributed by atoms with Crippen LogP contribution in [-0.2, 0) is 0 Å². The number of nitrogens with zero attached hydrogens (tertiary/aromatic N) is 2. The van der Waals surface area contributed by atoms with E-state index in [1.54, 1.807) is 11.0 Å². The first-order valence-electron chi connectivity index (χ1n) is 5.17. The number of aromatic nitrogens is 1. The van der Waals surface area contributed by atoms with Crippen LogP contribution in [0.15, 0.2) is 18.3 Å². The maximum atomic E-state index is 11.9. The van der Waals surface area contributed by atoms with Crippen LogP contribution in [0, 0.1) is 0 Å². The van der Waals surface area contributed by atoms with E-state index in [9.17, 15) is 9.90 Å². The average molecular weight is 241 g/mol. The topological polar surface area (TPSA) is 53.4 Å². The minimum atomic E-state index is -0.702. The molecule has 1 N–H and O–H groups in total. The summed E-state index contributed by atoms with van der Waals surface area (Å²) in [6.45, 7) is 2.69. The van der Waals surface area contributed by atoms with Gasteiger partial charge in [0.2, 0.25) is 0 Å². The van der Waals surface area contributed by atoms with Crippen LogP contribution in [0.5, 0.6) is 0 Å². The Morgan fingerprint density at radius 2 is 2.38 bits per heavy atom. The minimum absolute atomic E-state index is 0.109. The van der Waals surface area contributed by atoms with Crippen LogP contribution in [0.4, 0.5) is 0 Å². The van der Waals surface area contributed by atoms with Gasteiger partial charge in [0.05, 0.1) is 18.7 Å². The fourth-order valence-corrected chi connectivity index (χ4v) is 1.92. The molecule has 16 heavy (non-hydrogen) atoms. The van der Waals surface area contributed by atoms with Crippen molar-refractivity contribution in [1.29, 1.82) is 0 Å². The zero-order chi connectivity index (χ0) is 11.8. The predicted molar refractivity (Wildman–Crippen MR) is 60.4 cm³/mol. The summed E-state index contributed by atoms with van der Waals surface area (Å²) in [6.07, 6.45) is 2.16. The van der Waals surface area contributed by atoms with Crippen molar-refractivity contribution in [3.63, 3.8) is 0 Å². The lowest BCUT2D eigenvalue weighted by molar-refractivity contribution is -0.0826. The van der Waals surface area contributed by atoms with Crippen molar-refractivity contribution >= 4 is 17.5 Å². The molecule has 0 radical (unpaired) electrons. The molecule has 0 spiro atoms. The molecular formula is C11H13ClN2O2. The van der Waals surface area contributed by atoms with E-state index >= 15 is 0 Å². The molecule has 1 aromatic rings. The van der Waals surface area contributed by atoms with Crippen molar-refractivity contribution in [2.45, 2.75) is 18.9 Å². The Morgan fingerprint density at radius 3 is 2.94 bits per heavy atom. The number of hydrogen-bond acceptors (Lipinski definition) is 3. The highest BCUT2D eigenvalue weighted by atomic mass is 35.5. The molecule has 0 bridgehead atoms. The van der Waals surface area contributed by atoms with Crippen molar-refractivity contribution in [3.8, 4) is 0 Å². The number of β-amino-alcohol motifs (C(OH)–C–C–N with tert-alkyl or cyclic N) is 1. The molecular weight excluding hydrogens is 228 g/mol. The van der Waals surface area contributed by atoms with Gasteiger partial charge in [0.25, 0.3) is 5.91 Å². The molecule has 0 aliphatic carbocycles. The predicted octanol–water partition coefficient (Wildman–Crippen LogP) is 1.33. The van der Waals surface area contributed by atoms with Gasteiger partial charge in [0.15, 0.2) is 0 Å². The molecule has 0 atom stereocenters. The number of carbonyl (C=O) groups excluding carboxylic acids is 1. The monoisotopic (exact) mass is 240 g/mol. The molecule has 5 heteroatoms. The number of hydrogen-bond donors (Lipinski definition) is 1. The largest absolute Gasteiger partial charge is 0.386 e. The second-order valence-corrected chi connectivity index (χ2v) is 4.49. The summed E-state index contributed by atoms with van der Waals surface area (Å²) in [7, 11) is 0. The highest BCUT2D eigenvalue weighted by Gasteiger charge is 2.42. The van der Waals surface area contributed by atoms with Crippen LogP contribution in [0.25, 0.3) is 0 Å². The van der Waals surface area contributed by atoms with Gasteiger partial charge in [-0.3, -0.25) is 4.79 Å². The van der Waals surface area contributed by atoms with E-state index in [0.717, 1.165) is 0 Å². The lowest BCUT2D eigenvalue weighted by Gasteiger charge is -2.46. The van der Waals surface area contributed by atoms with Gasteiger partial charge in [-0.05, 0) is 18.6 Å². The molecule has 1 aliphatic rings. The SMILES string of the molecule is CCC1(O)CN(C(=O)c2ccnc(Cl)c2)C1. The highest BCUT2D eigenvalue weighted by molar-refractivity contribution is 6.29. The Kier molecular flexibility index (Phi) is 2.86. The van der Waals surface area contributed by atoms with E-state index in [-0.39, 0.29) is 5.91 Å². The van der Waals surface area contributed by atoms with Gasteiger partial charge < -0.3 is 10.0 Å². The summed E-state index contributed by atoms with van der Waals surface area (Å²) in [6, 6.07) is 3.16. The van der Waals surface area contributed by atoms with Gasteiger partial charge in [-0.25, -0.2) is 4.98 Å². The van der Waals surface area contributed by atoms with Crippen molar-refractivity contribution in [1.82, 2.24) is 9.88 Å². The molecule has 0 unspecified atom stereocenters. The molecule has 0 aromatic carbocycles. The standard InChI is InChI=1S/C11H13ClN2O2/c1-2-11(16)6-14(7-11)10(15)8-3-4-13-9(12)5-8/h3-5,16H,2,6-7H2,1H3. The van der Waals surface area contributed by atoms with E-state index in [1.165, 1.54) is 12.3 Å². The zero-order valence-electron chi connectivity index (χ0n) is 8.98. The quantitative estimate of drug-likeness (QED) is 0.794. The van der Waals surface area contributed by atoms with Crippen LogP contribution >= 0.6 is 11.6 Å². The van der Waals surface area contributed by atoms with E-state index in [1.807, 2.05) is 6.92 Å². The van der Waals surface area contributed by atoms with Gasteiger partial charge in [-0.1, -0.05) is 18.5 Å². The second-order valence-electron chi connectivity index (χ2n) is 4.11. The lowest BCUT2D eigenvalue weighted by Crippen LogP contribution is -2.63. The number of rotatable bonds is 2. The van der Waals surface area contributed by atoms with Gasteiger partial charge in [-0.2, -0.15) is 0 Å². The number of aliphatic hydroxyl groups is 1.